The molecule has 2 heteroatoms. The molecule has 0 radical (unpaired) electrons. The van der Waals surface area contributed by atoms with E-state index in [9.17, 15) is 0 Å². The molecule has 0 saturated heterocycles. The van der Waals surface area contributed by atoms with Crippen LogP contribution in [0.4, 0.5) is 5.69 Å². The summed E-state index contributed by atoms with van der Waals surface area (Å²) in [5.74, 6) is 0. The SMILES string of the molecule is CCCc1nc2ccccc2cc1N. The Kier molecular flexibility index (Phi) is 2.35. The highest BCUT2D eigenvalue weighted by molar-refractivity contribution is 5.82. The van der Waals surface area contributed by atoms with Gasteiger partial charge in [0, 0.05) is 5.39 Å². The molecule has 0 bridgehead atoms. The third-order valence-corrected chi connectivity index (χ3v) is 2.32. The Morgan fingerprint density at radius 1 is 1.29 bits per heavy atom. The van der Waals surface area contributed by atoms with Crippen LogP contribution in [-0.2, 0) is 6.42 Å². The van der Waals surface area contributed by atoms with Gasteiger partial charge in [-0.25, -0.2) is 0 Å². The average molecular weight is 186 g/mol. The van der Waals surface area contributed by atoms with Gasteiger partial charge < -0.3 is 5.73 Å². The molecule has 0 amide bonds. The van der Waals surface area contributed by atoms with Crippen LogP contribution in [0.2, 0.25) is 0 Å². The minimum atomic E-state index is 0.811. The third-order valence-electron chi connectivity index (χ3n) is 2.32. The highest BCUT2D eigenvalue weighted by Gasteiger charge is 2.02. The summed E-state index contributed by atoms with van der Waals surface area (Å²) < 4.78 is 0. The largest absolute Gasteiger partial charge is 0.397 e. The van der Waals surface area contributed by atoms with Crippen molar-refractivity contribution in [2.45, 2.75) is 19.8 Å². The Labute approximate surface area is 83.8 Å². The van der Waals surface area contributed by atoms with Crippen LogP contribution >= 0.6 is 0 Å². The van der Waals surface area contributed by atoms with E-state index in [0.29, 0.717) is 0 Å². The summed E-state index contributed by atoms with van der Waals surface area (Å²) in [6.45, 7) is 2.14. The summed E-state index contributed by atoms with van der Waals surface area (Å²) in [5.41, 5.74) is 8.77. The van der Waals surface area contributed by atoms with Crippen molar-refractivity contribution >= 4 is 16.6 Å². The van der Waals surface area contributed by atoms with E-state index in [4.69, 9.17) is 5.73 Å². The normalized spacial score (nSPS) is 10.6. The summed E-state index contributed by atoms with van der Waals surface area (Å²) in [6.07, 6.45) is 2.03. The minimum Gasteiger partial charge on any atom is -0.397 e. The minimum absolute atomic E-state index is 0.811. The smallest absolute Gasteiger partial charge is 0.0706 e. The van der Waals surface area contributed by atoms with E-state index in [1.165, 1.54) is 0 Å². The van der Waals surface area contributed by atoms with Crippen molar-refractivity contribution in [1.82, 2.24) is 4.98 Å². The molecule has 0 fully saturated rings. The molecule has 2 nitrogen and oxygen atoms in total. The number of para-hydroxylation sites is 1. The van der Waals surface area contributed by atoms with Crippen LogP contribution in [0.25, 0.3) is 10.9 Å². The predicted octanol–water partition coefficient (Wildman–Crippen LogP) is 2.77. The van der Waals surface area contributed by atoms with Gasteiger partial charge >= 0.3 is 0 Å². The molecule has 0 spiro atoms. The van der Waals surface area contributed by atoms with Crippen molar-refractivity contribution in [3.05, 3.63) is 36.0 Å². The van der Waals surface area contributed by atoms with E-state index in [-0.39, 0.29) is 0 Å². The maximum atomic E-state index is 5.91. The Hall–Kier alpha value is -1.57. The molecule has 0 aliphatic rings. The van der Waals surface area contributed by atoms with Crippen molar-refractivity contribution in [2.24, 2.45) is 0 Å². The third kappa shape index (κ3) is 1.55. The lowest BCUT2D eigenvalue weighted by molar-refractivity contribution is 0.893. The summed E-state index contributed by atoms with van der Waals surface area (Å²) in [7, 11) is 0. The quantitative estimate of drug-likeness (QED) is 0.783. The standard InChI is InChI=1S/C12H14N2/c1-2-5-12-10(13)8-9-6-3-4-7-11(9)14-12/h3-4,6-8H,2,5,13H2,1H3. The molecule has 2 aromatic rings. The van der Waals surface area contributed by atoms with Crippen LogP contribution in [0.15, 0.2) is 30.3 Å². The number of hydrogen-bond acceptors (Lipinski definition) is 2. The van der Waals surface area contributed by atoms with E-state index >= 15 is 0 Å². The number of nitrogen functional groups attached to an aromatic ring is 1. The van der Waals surface area contributed by atoms with Gasteiger partial charge in [0.1, 0.15) is 0 Å². The van der Waals surface area contributed by atoms with Crippen LogP contribution < -0.4 is 5.73 Å². The first-order valence-electron chi connectivity index (χ1n) is 4.95. The molecule has 2 rings (SSSR count). The zero-order chi connectivity index (χ0) is 9.97. The number of anilines is 1. The van der Waals surface area contributed by atoms with E-state index in [2.05, 4.69) is 11.9 Å². The number of aromatic nitrogens is 1. The lowest BCUT2D eigenvalue weighted by Crippen LogP contribution is -1.97. The molecule has 14 heavy (non-hydrogen) atoms. The van der Waals surface area contributed by atoms with Gasteiger partial charge in [-0.3, -0.25) is 4.98 Å². The fourth-order valence-corrected chi connectivity index (χ4v) is 1.61. The molecule has 1 heterocycles. The van der Waals surface area contributed by atoms with Gasteiger partial charge in [0.25, 0.3) is 0 Å². The van der Waals surface area contributed by atoms with Crippen LogP contribution in [-0.4, -0.2) is 4.98 Å². The number of fused-ring (bicyclic) bond motifs is 1. The molecule has 0 atom stereocenters. The summed E-state index contributed by atoms with van der Waals surface area (Å²) in [4.78, 5) is 4.54. The van der Waals surface area contributed by atoms with Crippen molar-refractivity contribution in [3.63, 3.8) is 0 Å². The van der Waals surface area contributed by atoms with Gasteiger partial charge in [0.2, 0.25) is 0 Å². The topological polar surface area (TPSA) is 38.9 Å². The van der Waals surface area contributed by atoms with E-state index in [0.717, 1.165) is 35.1 Å². The maximum Gasteiger partial charge on any atom is 0.0706 e. The fourth-order valence-electron chi connectivity index (χ4n) is 1.61. The highest BCUT2D eigenvalue weighted by Crippen LogP contribution is 2.19. The van der Waals surface area contributed by atoms with Gasteiger partial charge in [-0.2, -0.15) is 0 Å². The van der Waals surface area contributed by atoms with Gasteiger partial charge in [0.15, 0.2) is 0 Å². The Morgan fingerprint density at radius 2 is 2.07 bits per heavy atom. The molecule has 1 aromatic heterocycles. The second kappa shape index (κ2) is 3.66. The maximum absolute atomic E-state index is 5.91. The Morgan fingerprint density at radius 3 is 2.86 bits per heavy atom. The van der Waals surface area contributed by atoms with Crippen LogP contribution in [0.1, 0.15) is 19.0 Å². The number of hydrogen-bond donors (Lipinski definition) is 1. The second-order valence-corrected chi connectivity index (χ2v) is 3.47. The summed E-state index contributed by atoms with van der Waals surface area (Å²) >= 11 is 0. The monoisotopic (exact) mass is 186 g/mol. The molecule has 0 aliphatic heterocycles. The van der Waals surface area contributed by atoms with E-state index < -0.39 is 0 Å². The second-order valence-electron chi connectivity index (χ2n) is 3.47. The average Bonchev–Trinajstić information content (AvgIpc) is 2.19. The molecule has 0 aliphatic carbocycles. The van der Waals surface area contributed by atoms with Crippen molar-refractivity contribution in [3.8, 4) is 0 Å². The van der Waals surface area contributed by atoms with Crippen LogP contribution in [0.3, 0.4) is 0 Å². The first kappa shape index (κ1) is 9.00. The van der Waals surface area contributed by atoms with Gasteiger partial charge in [-0.15, -0.1) is 0 Å². The summed E-state index contributed by atoms with van der Waals surface area (Å²) in [6, 6.07) is 10.1. The van der Waals surface area contributed by atoms with E-state index in [1.807, 2.05) is 30.3 Å². The lowest BCUT2D eigenvalue weighted by atomic mass is 10.1. The fraction of sp³-hybridized carbons (Fsp3) is 0.250. The van der Waals surface area contributed by atoms with Gasteiger partial charge in [-0.1, -0.05) is 31.5 Å². The number of rotatable bonds is 2. The molecule has 0 unspecified atom stereocenters. The zero-order valence-electron chi connectivity index (χ0n) is 8.33. The van der Waals surface area contributed by atoms with Gasteiger partial charge in [-0.05, 0) is 18.6 Å². The first-order chi connectivity index (χ1) is 6.81. The van der Waals surface area contributed by atoms with Crippen molar-refractivity contribution in [1.29, 1.82) is 0 Å². The predicted molar refractivity (Wildman–Crippen MR) is 60.2 cm³/mol. The lowest BCUT2D eigenvalue weighted by Gasteiger charge is -2.05. The number of aryl methyl sites for hydroxylation is 1. The summed E-state index contributed by atoms with van der Waals surface area (Å²) in [5, 5.41) is 1.12. The Bertz CT molecular complexity index is 449. The molecule has 2 N–H and O–H groups in total. The molecular weight excluding hydrogens is 172 g/mol. The van der Waals surface area contributed by atoms with Crippen LogP contribution in [0.5, 0.6) is 0 Å². The van der Waals surface area contributed by atoms with Crippen molar-refractivity contribution in [2.75, 3.05) is 5.73 Å². The number of nitrogens with two attached hydrogens (primary N) is 1. The first-order valence-corrected chi connectivity index (χ1v) is 4.95. The molecule has 1 aromatic carbocycles. The van der Waals surface area contributed by atoms with Crippen molar-refractivity contribution < 1.29 is 0 Å². The number of benzene rings is 1. The Balaban J connectivity index is 2.59. The highest BCUT2D eigenvalue weighted by atomic mass is 14.7. The molecule has 0 saturated carbocycles. The number of pyridine rings is 1. The molecular formula is C12H14N2. The van der Waals surface area contributed by atoms with E-state index in [1.54, 1.807) is 0 Å². The number of nitrogens with zero attached hydrogens (tertiary/aromatic N) is 1. The molecule has 72 valence electrons. The van der Waals surface area contributed by atoms with Gasteiger partial charge in [0.05, 0.1) is 16.9 Å². The zero-order valence-corrected chi connectivity index (χ0v) is 8.33. The van der Waals surface area contributed by atoms with Crippen LogP contribution in [0, 0.1) is 0 Å².